The Morgan fingerprint density at radius 2 is 1.88 bits per heavy atom. The first-order valence-electron chi connectivity index (χ1n) is 9.99. The van der Waals surface area contributed by atoms with E-state index in [1.165, 1.54) is 6.92 Å². The summed E-state index contributed by atoms with van der Waals surface area (Å²) in [4.78, 5) is 27.7. The van der Waals surface area contributed by atoms with E-state index in [1.807, 2.05) is 48.5 Å². The summed E-state index contributed by atoms with van der Waals surface area (Å²) in [6.45, 7) is 1.21. The molecule has 1 unspecified atom stereocenters. The molecule has 4 rings (SSSR count). The number of carbonyl (C=O) groups is 1. The normalized spacial score (nSPS) is 18.4. The van der Waals surface area contributed by atoms with Gasteiger partial charge in [-0.25, -0.2) is 18.1 Å². The minimum absolute atomic E-state index is 0.272. The Morgan fingerprint density at radius 1 is 1.12 bits per heavy atom. The van der Waals surface area contributed by atoms with Gasteiger partial charge in [-0.2, -0.15) is 4.98 Å². The summed E-state index contributed by atoms with van der Waals surface area (Å²) in [6, 6.07) is 16.6. The van der Waals surface area contributed by atoms with E-state index in [0.29, 0.717) is 11.3 Å². The summed E-state index contributed by atoms with van der Waals surface area (Å²) < 4.78 is 31.3. The number of amides is 1. The Hall–Kier alpha value is -3.43. The minimum Gasteiger partial charge on any atom is -0.308 e. The Kier molecular flexibility index (Phi) is 6.38. The van der Waals surface area contributed by atoms with E-state index >= 15 is 0 Å². The fourth-order valence-corrected chi connectivity index (χ4v) is 4.56. The van der Waals surface area contributed by atoms with Crippen LogP contribution in [0.3, 0.4) is 0 Å². The monoisotopic (exact) mass is 452 g/mol. The van der Waals surface area contributed by atoms with Crippen LogP contribution in [-0.2, 0) is 15.8 Å². The highest BCUT2D eigenvalue weighted by atomic mass is 32.2. The molecule has 7 nitrogen and oxygen atoms in total. The van der Waals surface area contributed by atoms with Gasteiger partial charge in [0.1, 0.15) is 11.0 Å². The Morgan fingerprint density at radius 3 is 2.62 bits per heavy atom. The molecule has 0 aliphatic heterocycles. The summed E-state index contributed by atoms with van der Waals surface area (Å²) in [6.07, 6.45) is 4.98. The number of allylic oxidation sites excluding steroid dienone is 1. The first-order valence-corrected chi connectivity index (χ1v) is 11.1. The zero-order valence-electron chi connectivity index (χ0n) is 17.2. The van der Waals surface area contributed by atoms with Crippen molar-refractivity contribution in [2.24, 2.45) is 0 Å². The molecule has 9 heteroatoms. The van der Waals surface area contributed by atoms with Crippen molar-refractivity contribution >= 4 is 22.7 Å². The molecule has 2 aromatic carbocycles. The van der Waals surface area contributed by atoms with Crippen LogP contribution in [0.15, 0.2) is 82.6 Å². The SMILES string of the molecule is CC(=O)Nc1nc(=O)n([C@H]2C=C[C@@H](NS(=O)c3cccc(-c4ccccc4)c3)C2)cc1F. The van der Waals surface area contributed by atoms with Gasteiger partial charge in [-0.15, -0.1) is 0 Å². The van der Waals surface area contributed by atoms with Crippen molar-refractivity contribution in [1.29, 1.82) is 0 Å². The maximum absolute atomic E-state index is 14.2. The molecule has 3 atom stereocenters. The van der Waals surface area contributed by atoms with Crippen LogP contribution in [0, 0.1) is 5.82 Å². The van der Waals surface area contributed by atoms with Crippen molar-refractivity contribution in [1.82, 2.24) is 14.3 Å². The van der Waals surface area contributed by atoms with Crippen LogP contribution < -0.4 is 15.7 Å². The molecule has 1 amide bonds. The van der Waals surface area contributed by atoms with Gasteiger partial charge in [-0.05, 0) is 29.7 Å². The third-order valence-corrected chi connectivity index (χ3v) is 6.23. The molecular weight excluding hydrogens is 431 g/mol. The number of anilines is 1. The lowest BCUT2D eigenvalue weighted by atomic mass is 10.1. The van der Waals surface area contributed by atoms with E-state index in [-0.39, 0.29) is 6.04 Å². The summed E-state index contributed by atoms with van der Waals surface area (Å²) in [7, 11) is -1.47. The van der Waals surface area contributed by atoms with Gasteiger partial charge in [0.2, 0.25) is 5.91 Å². The predicted molar refractivity (Wildman–Crippen MR) is 121 cm³/mol. The lowest BCUT2D eigenvalue weighted by molar-refractivity contribution is -0.114. The van der Waals surface area contributed by atoms with Crippen molar-refractivity contribution in [3.63, 3.8) is 0 Å². The molecule has 32 heavy (non-hydrogen) atoms. The number of benzene rings is 2. The highest BCUT2D eigenvalue weighted by Crippen LogP contribution is 2.25. The summed E-state index contributed by atoms with van der Waals surface area (Å²) >= 11 is 0. The molecule has 0 spiro atoms. The van der Waals surface area contributed by atoms with Crippen molar-refractivity contribution in [3.8, 4) is 11.1 Å². The molecule has 1 aliphatic rings. The number of aromatic nitrogens is 2. The molecule has 164 valence electrons. The zero-order valence-corrected chi connectivity index (χ0v) is 18.0. The maximum Gasteiger partial charge on any atom is 0.350 e. The van der Waals surface area contributed by atoms with Gasteiger partial charge in [-0.3, -0.25) is 9.36 Å². The second kappa shape index (κ2) is 9.37. The molecule has 0 radical (unpaired) electrons. The standard InChI is InChI=1S/C23H21FN4O3S/c1-15(29)25-22-21(24)14-28(23(30)26-22)19-11-10-18(13-19)27-32(31)20-9-5-8-17(12-20)16-6-3-2-4-7-16/h2-12,14,18-19,27H,13H2,1H3,(H,25,26,29,30)/t18-,19+,32?/m1/s1. The zero-order chi connectivity index (χ0) is 22.7. The molecule has 1 aromatic heterocycles. The number of nitrogens with one attached hydrogen (secondary N) is 2. The Labute approximate surface area is 186 Å². The van der Waals surface area contributed by atoms with Gasteiger partial charge in [0.25, 0.3) is 0 Å². The van der Waals surface area contributed by atoms with E-state index in [1.54, 1.807) is 18.2 Å². The molecule has 0 bridgehead atoms. The lowest BCUT2D eigenvalue weighted by Gasteiger charge is -2.16. The third kappa shape index (κ3) is 4.90. The molecule has 1 heterocycles. The molecule has 3 aromatic rings. The molecule has 0 fully saturated rings. The topological polar surface area (TPSA) is 93.1 Å². The third-order valence-electron chi connectivity index (χ3n) is 5.03. The van der Waals surface area contributed by atoms with Crippen molar-refractivity contribution in [2.75, 3.05) is 5.32 Å². The lowest BCUT2D eigenvalue weighted by Crippen LogP contribution is -2.32. The average Bonchev–Trinajstić information content (AvgIpc) is 3.24. The van der Waals surface area contributed by atoms with E-state index in [0.717, 1.165) is 21.9 Å². The fraction of sp³-hybridized carbons (Fsp3) is 0.174. The van der Waals surface area contributed by atoms with Crippen LogP contribution in [-0.4, -0.2) is 25.7 Å². The van der Waals surface area contributed by atoms with E-state index in [4.69, 9.17) is 0 Å². The Bertz CT molecular complexity index is 1260. The maximum atomic E-state index is 14.2. The van der Waals surface area contributed by atoms with Crippen LogP contribution in [0.1, 0.15) is 19.4 Å². The smallest absolute Gasteiger partial charge is 0.308 e. The number of nitrogens with zero attached hydrogens (tertiary/aromatic N) is 2. The van der Waals surface area contributed by atoms with E-state index < -0.39 is 40.3 Å². The molecular formula is C23H21FN4O3S. The van der Waals surface area contributed by atoms with Gasteiger partial charge < -0.3 is 5.32 Å². The number of rotatable bonds is 6. The van der Waals surface area contributed by atoms with E-state index in [9.17, 15) is 18.2 Å². The molecule has 2 N–H and O–H groups in total. The first-order chi connectivity index (χ1) is 15.4. The van der Waals surface area contributed by atoms with Gasteiger partial charge in [0.15, 0.2) is 11.6 Å². The predicted octanol–water partition coefficient (Wildman–Crippen LogP) is 3.19. The van der Waals surface area contributed by atoms with Gasteiger partial charge in [0, 0.05) is 19.2 Å². The molecule has 0 saturated heterocycles. The van der Waals surface area contributed by atoms with E-state index in [2.05, 4.69) is 15.0 Å². The fourth-order valence-electron chi connectivity index (χ4n) is 3.54. The van der Waals surface area contributed by atoms with Crippen LogP contribution in [0.4, 0.5) is 10.2 Å². The number of carbonyl (C=O) groups excluding carboxylic acids is 1. The second-order valence-electron chi connectivity index (χ2n) is 7.38. The minimum atomic E-state index is -1.47. The molecule has 0 saturated carbocycles. The van der Waals surface area contributed by atoms with Crippen LogP contribution >= 0.6 is 0 Å². The summed E-state index contributed by atoms with van der Waals surface area (Å²) in [5.41, 5.74) is 1.32. The quantitative estimate of drug-likeness (QED) is 0.562. The summed E-state index contributed by atoms with van der Waals surface area (Å²) in [5.74, 6) is -1.71. The number of hydrogen-bond acceptors (Lipinski definition) is 4. The highest BCUT2D eigenvalue weighted by molar-refractivity contribution is 7.83. The van der Waals surface area contributed by atoms with Crippen LogP contribution in [0.5, 0.6) is 0 Å². The van der Waals surface area contributed by atoms with Crippen LogP contribution in [0.2, 0.25) is 0 Å². The van der Waals surface area contributed by atoms with Crippen LogP contribution in [0.25, 0.3) is 11.1 Å². The second-order valence-corrected chi connectivity index (χ2v) is 8.63. The van der Waals surface area contributed by atoms with Crippen molar-refractivity contribution in [2.45, 2.75) is 30.3 Å². The molecule has 1 aliphatic carbocycles. The number of hydrogen-bond donors (Lipinski definition) is 2. The summed E-state index contributed by atoms with van der Waals surface area (Å²) in [5, 5.41) is 2.19. The Balaban J connectivity index is 1.45. The van der Waals surface area contributed by atoms with Gasteiger partial charge in [-0.1, -0.05) is 54.6 Å². The van der Waals surface area contributed by atoms with Crippen molar-refractivity contribution < 1.29 is 13.4 Å². The average molecular weight is 453 g/mol. The van der Waals surface area contributed by atoms with Crippen molar-refractivity contribution in [3.05, 3.63) is 89.2 Å². The van der Waals surface area contributed by atoms with Gasteiger partial charge in [0.05, 0.1) is 10.9 Å². The first kappa shape index (κ1) is 21.8. The number of halogens is 1. The largest absolute Gasteiger partial charge is 0.350 e. The highest BCUT2D eigenvalue weighted by Gasteiger charge is 2.24. The van der Waals surface area contributed by atoms with Gasteiger partial charge >= 0.3 is 5.69 Å².